The van der Waals surface area contributed by atoms with Gasteiger partial charge in [0.2, 0.25) is 0 Å². The van der Waals surface area contributed by atoms with E-state index < -0.39 is 0 Å². The summed E-state index contributed by atoms with van der Waals surface area (Å²) < 4.78 is 0. The van der Waals surface area contributed by atoms with Gasteiger partial charge in [0.25, 0.3) is 0 Å². The third kappa shape index (κ3) is 6.77. The molecule has 370 valence electrons. The van der Waals surface area contributed by atoms with Crippen LogP contribution in [0.25, 0.3) is 131 Å². The topological polar surface area (TPSA) is 73.4 Å². The summed E-state index contributed by atoms with van der Waals surface area (Å²) in [6, 6.07) is 82.4. The third-order valence-electron chi connectivity index (χ3n) is 17.2. The first-order valence-electron chi connectivity index (χ1n) is 26.9. The molecule has 0 unspecified atom stereocenters. The second-order valence-electron chi connectivity index (χ2n) is 22.1. The Morgan fingerprint density at radius 1 is 0.316 bits per heavy atom. The zero-order chi connectivity index (χ0) is 53.3. The second-order valence-corrected chi connectivity index (χ2v) is 23.1. The lowest BCUT2D eigenvalue weighted by Gasteiger charge is -2.21. The van der Waals surface area contributed by atoms with Crippen molar-refractivity contribution in [2.24, 2.45) is 0 Å². The Balaban J connectivity index is 1.08. The van der Waals surface area contributed by atoms with Crippen LogP contribution >= 0.6 is 11.3 Å². The summed E-state index contributed by atoms with van der Waals surface area (Å²) in [6.07, 6.45) is 0. The molecule has 0 saturated heterocycles. The Bertz CT molecular complexity index is 4580. The minimum Gasteiger partial charge on any atom is -0.242 e. The molecule has 2 aromatic heterocycles. The van der Waals surface area contributed by atoms with Crippen LogP contribution in [0.3, 0.4) is 0 Å². The summed E-state index contributed by atoms with van der Waals surface area (Å²) in [5.74, 6) is 0. The molecule has 0 fully saturated rings. The van der Waals surface area contributed by atoms with Gasteiger partial charge in [-0.25, -0.2) is 9.97 Å². The number of fused-ring (bicyclic) bond motifs is 13. The lowest BCUT2D eigenvalue weighted by Crippen LogP contribution is -2.14. The summed E-state index contributed by atoms with van der Waals surface area (Å²) in [6.45, 7) is 9.39. The molecule has 5 heteroatoms. The highest BCUT2D eigenvalue weighted by Crippen LogP contribution is 2.58. The van der Waals surface area contributed by atoms with E-state index in [4.69, 9.17) is 9.97 Å². The molecule has 0 aliphatic heterocycles. The molecule has 0 radical (unpaired) electrons. The summed E-state index contributed by atoms with van der Waals surface area (Å²) >= 11 is 1.81. The number of nitrogens with zero attached hydrogens (tertiary/aromatic N) is 4. The minimum absolute atomic E-state index is 0.200. The number of hydrogen-bond donors (Lipinski definition) is 0. The van der Waals surface area contributed by atoms with Crippen LogP contribution in [-0.4, -0.2) is 9.97 Å². The number of aromatic nitrogens is 2. The van der Waals surface area contributed by atoms with E-state index in [1.165, 1.54) is 44.5 Å². The van der Waals surface area contributed by atoms with Crippen molar-refractivity contribution in [3.8, 4) is 99.8 Å². The van der Waals surface area contributed by atoms with Crippen molar-refractivity contribution in [3.05, 3.63) is 252 Å². The maximum Gasteiger partial charge on any atom is 0.109 e. The molecule has 79 heavy (non-hydrogen) atoms. The first-order valence-corrected chi connectivity index (χ1v) is 27.7. The molecule has 0 amide bonds. The lowest BCUT2D eigenvalue weighted by molar-refractivity contribution is 0.660. The molecule has 0 N–H and O–H groups in total. The number of hydrogen-bond acceptors (Lipinski definition) is 5. The molecule has 2 heterocycles. The molecule has 4 nitrogen and oxygen atoms in total. The maximum atomic E-state index is 10.3. The number of nitriles is 2. The Morgan fingerprint density at radius 3 is 1.08 bits per heavy atom. The monoisotopic (exact) mass is 1020 g/mol. The van der Waals surface area contributed by atoms with Gasteiger partial charge < -0.3 is 0 Å². The van der Waals surface area contributed by atoms with E-state index in [1.807, 2.05) is 72.0 Å². The maximum absolute atomic E-state index is 10.3. The third-order valence-corrected chi connectivity index (χ3v) is 18.5. The molecule has 11 aromatic carbocycles. The van der Waals surface area contributed by atoms with Crippen molar-refractivity contribution in [1.82, 2.24) is 9.97 Å². The fraction of sp³-hybridized carbons (Fsp3) is 0.0811. The Morgan fingerprint density at radius 2 is 0.658 bits per heavy atom. The summed E-state index contributed by atoms with van der Waals surface area (Å²) in [4.78, 5) is 14.3. The van der Waals surface area contributed by atoms with Crippen molar-refractivity contribution >= 4 is 54.9 Å². The number of benzene rings is 11. The molecule has 2 aliphatic rings. The van der Waals surface area contributed by atoms with Crippen molar-refractivity contribution in [1.29, 1.82) is 10.5 Å². The van der Waals surface area contributed by atoms with Crippen molar-refractivity contribution in [3.63, 3.8) is 0 Å². The summed E-state index contributed by atoms with van der Waals surface area (Å²) in [5, 5.41) is 24.8. The van der Waals surface area contributed by atoms with Crippen molar-refractivity contribution < 1.29 is 0 Å². The van der Waals surface area contributed by atoms with Gasteiger partial charge in [-0.15, -0.1) is 11.3 Å². The normalized spacial score (nSPS) is 13.5. The zero-order valence-corrected chi connectivity index (χ0v) is 44.8. The van der Waals surface area contributed by atoms with Gasteiger partial charge in [-0.05, 0) is 113 Å². The van der Waals surface area contributed by atoms with Crippen LogP contribution in [-0.2, 0) is 10.8 Å². The van der Waals surface area contributed by atoms with E-state index in [1.54, 1.807) is 0 Å². The molecule has 15 rings (SSSR count). The van der Waals surface area contributed by atoms with E-state index in [9.17, 15) is 10.5 Å². The highest BCUT2D eigenvalue weighted by molar-refractivity contribution is 7.21. The van der Waals surface area contributed by atoms with E-state index in [0.717, 1.165) is 109 Å². The SMILES string of the molecule is CC1(C)c2ccccc2-c2c(-c3sc(-c4cccc5c4-c4ccccc4C5(C)C)c4nc5c6cc(-c7ccccc7-c7ccccc7C#N)ccc6c6ccc(-c7ccccc7-c7ccccc7C#N)cc6c5nc34)cccc21. The molecule has 0 bridgehead atoms. The van der Waals surface area contributed by atoms with E-state index in [2.05, 4.69) is 198 Å². The van der Waals surface area contributed by atoms with Crippen LogP contribution in [0.2, 0.25) is 0 Å². The summed E-state index contributed by atoms with van der Waals surface area (Å²) in [7, 11) is 0. The number of rotatable bonds is 6. The van der Waals surface area contributed by atoms with Crippen LogP contribution in [0, 0.1) is 22.7 Å². The lowest BCUT2D eigenvalue weighted by atomic mass is 9.82. The van der Waals surface area contributed by atoms with Gasteiger partial charge in [0.15, 0.2) is 0 Å². The first-order chi connectivity index (χ1) is 38.6. The van der Waals surface area contributed by atoms with E-state index >= 15 is 0 Å². The standard InChI is InChI=1S/C74H48N4S/c1-73(2)61-31-15-13-27-55(61)65-57(29-17-33-63(65)73)71-69-70(72(79-71)58-30-18-34-64-66(58)56-28-14-16-32-62(56)74(64,3)4)78-68-60-40-44(48-22-10-12-26-52(48)50-24-8-6-20-46(50)42-76)36-38-54(60)53-37-35-43(39-59(53)67(68)77-69)47-21-9-11-25-51(47)49-23-7-5-19-45(49)41-75/h5-40H,1-4H3. The van der Waals surface area contributed by atoms with Crippen LogP contribution < -0.4 is 0 Å². The highest BCUT2D eigenvalue weighted by Gasteiger charge is 2.40. The van der Waals surface area contributed by atoms with Crippen molar-refractivity contribution in [2.45, 2.75) is 38.5 Å². The largest absolute Gasteiger partial charge is 0.242 e. The smallest absolute Gasteiger partial charge is 0.109 e. The Labute approximate surface area is 462 Å². The van der Waals surface area contributed by atoms with Gasteiger partial charge in [0.1, 0.15) is 11.0 Å². The van der Waals surface area contributed by atoms with Gasteiger partial charge >= 0.3 is 0 Å². The molecule has 0 saturated carbocycles. The second kappa shape index (κ2) is 17.4. The first kappa shape index (κ1) is 46.5. The van der Waals surface area contributed by atoms with Crippen LogP contribution in [0.1, 0.15) is 61.1 Å². The highest BCUT2D eigenvalue weighted by atomic mass is 32.1. The quantitative estimate of drug-likeness (QED) is 0.156. The fourth-order valence-corrected chi connectivity index (χ4v) is 14.7. The molecular formula is C74H48N4S. The Kier molecular flexibility index (Phi) is 10.2. The molecule has 0 spiro atoms. The average Bonchev–Trinajstić information content (AvgIpc) is 4.32. The van der Waals surface area contributed by atoms with Gasteiger partial charge in [-0.1, -0.05) is 222 Å². The molecule has 0 atom stereocenters. The van der Waals surface area contributed by atoms with Crippen LogP contribution in [0.5, 0.6) is 0 Å². The molecule has 13 aromatic rings. The van der Waals surface area contributed by atoms with Gasteiger partial charge in [0, 0.05) is 43.9 Å². The summed E-state index contributed by atoms with van der Waals surface area (Å²) in [5.41, 5.74) is 24.7. The zero-order valence-electron chi connectivity index (χ0n) is 44.0. The van der Waals surface area contributed by atoms with Crippen molar-refractivity contribution in [2.75, 3.05) is 0 Å². The van der Waals surface area contributed by atoms with Crippen LogP contribution in [0.15, 0.2) is 218 Å². The predicted molar refractivity (Wildman–Crippen MR) is 327 cm³/mol. The molecular weight excluding hydrogens is 977 g/mol. The van der Waals surface area contributed by atoms with E-state index in [-0.39, 0.29) is 10.8 Å². The number of thiophene rings is 1. The minimum atomic E-state index is -0.200. The average molecular weight is 1030 g/mol. The van der Waals surface area contributed by atoms with Gasteiger partial charge in [-0.2, -0.15) is 10.5 Å². The van der Waals surface area contributed by atoms with Crippen LogP contribution in [0.4, 0.5) is 0 Å². The van der Waals surface area contributed by atoms with E-state index in [0.29, 0.717) is 11.1 Å². The fourth-order valence-electron chi connectivity index (χ4n) is 13.4. The van der Waals surface area contributed by atoms with Gasteiger partial charge in [0.05, 0.1) is 44.1 Å². The Hall–Kier alpha value is -9.78. The predicted octanol–water partition coefficient (Wildman–Crippen LogP) is 19.5. The van der Waals surface area contributed by atoms with Gasteiger partial charge in [-0.3, -0.25) is 0 Å². The molecule has 2 aliphatic carbocycles.